The van der Waals surface area contributed by atoms with Crippen LogP contribution in [0.1, 0.15) is 65.7 Å². The summed E-state index contributed by atoms with van der Waals surface area (Å²) in [6, 6.07) is 0. The van der Waals surface area contributed by atoms with Gasteiger partial charge in [0, 0.05) is 11.8 Å². The van der Waals surface area contributed by atoms with Crippen LogP contribution >= 0.6 is 0 Å². The molecule has 130 valence electrons. The fourth-order valence-electron chi connectivity index (χ4n) is 7.62. The zero-order valence-corrected chi connectivity index (χ0v) is 15.1. The maximum atomic E-state index is 12.4. The number of hydrogen-bond acceptors (Lipinski definition) is 3. The molecule has 0 aromatic heterocycles. The number of ether oxygens (including phenoxy) is 1. The Morgan fingerprint density at radius 2 is 1.96 bits per heavy atom. The van der Waals surface area contributed by atoms with Crippen molar-refractivity contribution >= 4 is 11.6 Å². The molecule has 0 spiro atoms. The molecule has 0 bridgehead atoms. The van der Waals surface area contributed by atoms with E-state index in [2.05, 4.69) is 13.8 Å². The van der Waals surface area contributed by atoms with Crippen LogP contribution in [0.3, 0.4) is 0 Å². The number of fused-ring (bicyclic) bond motifs is 7. The Hall–Kier alpha value is -0.960. The summed E-state index contributed by atoms with van der Waals surface area (Å²) in [5, 5.41) is 0. The van der Waals surface area contributed by atoms with Gasteiger partial charge in [-0.3, -0.25) is 9.59 Å². The van der Waals surface area contributed by atoms with Crippen LogP contribution in [0, 0.1) is 28.6 Å². The van der Waals surface area contributed by atoms with Gasteiger partial charge in [0.05, 0.1) is 6.10 Å². The lowest BCUT2D eigenvalue weighted by molar-refractivity contribution is -0.136. The average molecular weight is 328 g/mol. The summed E-state index contributed by atoms with van der Waals surface area (Å²) >= 11 is 0. The number of rotatable bonds is 1. The first kappa shape index (κ1) is 15.3. The van der Waals surface area contributed by atoms with Crippen molar-refractivity contribution in [2.75, 3.05) is 0 Å². The van der Waals surface area contributed by atoms with Crippen LogP contribution in [0.4, 0.5) is 0 Å². The summed E-state index contributed by atoms with van der Waals surface area (Å²) in [6.45, 7) is 6.48. The third-order valence-electron chi connectivity index (χ3n) is 8.92. The van der Waals surface area contributed by atoms with E-state index in [-0.39, 0.29) is 22.7 Å². The number of allylic oxidation sites excluding steroid dienone is 1. The lowest BCUT2D eigenvalue weighted by atomic mass is 9.46. The van der Waals surface area contributed by atoms with Crippen molar-refractivity contribution in [1.82, 2.24) is 0 Å². The molecule has 7 atom stereocenters. The normalized spacial score (nSPS) is 55.0. The fraction of sp³-hybridized carbons (Fsp3) is 0.810. The number of carbonyl (C=O) groups excluding carboxylic acids is 2. The molecule has 0 aromatic carbocycles. The Bertz CT molecular complexity index is 679. The molecule has 0 unspecified atom stereocenters. The smallest absolute Gasteiger partial charge is 0.164 e. The van der Waals surface area contributed by atoms with Crippen LogP contribution < -0.4 is 0 Å². The lowest BCUT2D eigenvalue weighted by Crippen LogP contribution is -2.54. The zero-order valence-electron chi connectivity index (χ0n) is 15.1. The Kier molecular flexibility index (Phi) is 2.81. The van der Waals surface area contributed by atoms with E-state index in [0.29, 0.717) is 30.0 Å². The van der Waals surface area contributed by atoms with Gasteiger partial charge in [0.1, 0.15) is 0 Å². The fourth-order valence-corrected chi connectivity index (χ4v) is 7.62. The van der Waals surface area contributed by atoms with Crippen LogP contribution in [0.15, 0.2) is 11.6 Å². The van der Waals surface area contributed by atoms with Gasteiger partial charge in [-0.1, -0.05) is 19.4 Å². The third-order valence-corrected chi connectivity index (χ3v) is 8.92. The van der Waals surface area contributed by atoms with Crippen LogP contribution in [0.2, 0.25) is 0 Å². The Morgan fingerprint density at radius 3 is 2.71 bits per heavy atom. The second-order valence-electron chi connectivity index (χ2n) is 9.56. The molecule has 0 radical (unpaired) electrons. The number of ketones is 2. The molecule has 24 heavy (non-hydrogen) atoms. The first-order valence-electron chi connectivity index (χ1n) is 9.76. The standard InChI is InChI=1S/C21H28O3/c1-12(22)21-18(24-21)11-17-15-5-4-13-10-14(23)6-8-19(13,2)16(15)7-9-20(17,21)3/h10,15-18H,4-9,11H2,1-3H3/t15-,16+,17+,18+,19-,20-,21-/m0/s1. The van der Waals surface area contributed by atoms with Gasteiger partial charge in [-0.25, -0.2) is 0 Å². The van der Waals surface area contributed by atoms with Crippen LogP contribution in [-0.4, -0.2) is 23.3 Å². The van der Waals surface area contributed by atoms with Gasteiger partial charge in [0.15, 0.2) is 17.2 Å². The highest BCUT2D eigenvalue weighted by molar-refractivity contribution is 5.92. The van der Waals surface area contributed by atoms with E-state index in [1.165, 1.54) is 18.4 Å². The van der Waals surface area contributed by atoms with E-state index < -0.39 is 5.60 Å². The molecule has 1 heterocycles. The van der Waals surface area contributed by atoms with Crippen molar-refractivity contribution in [1.29, 1.82) is 0 Å². The predicted octanol–water partition coefficient (Wildman–Crippen LogP) is 3.85. The summed E-state index contributed by atoms with van der Waals surface area (Å²) in [6.07, 6.45) is 9.53. The molecule has 0 aromatic rings. The van der Waals surface area contributed by atoms with Crippen LogP contribution in [0.5, 0.6) is 0 Å². The van der Waals surface area contributed by atoms with Gasteiger partial charge < -0.3 is 4.74 Å². The van der Waals surface area contributed by atoms with Crippen LogP contribution in [0.25, 0.3) is 0 Å². The minimum Gasteiger partial charge on any atom is -0.357 e. The Balaban J connectivity index is 1.52. The molecule has 3 saturated carbocycles. The minimum absolute atomic E-state index is 0.0345. The second-order valence-corrected chi connectivity index (χ2v) is 9.56. The highest BCUT2D eigenvalue weighted by Gasteiger charge is 2.79. The number of Topliss-reactive ketones (excluding diaryl/α,β-unsaturated/α-hetero) is 1. The number of hydrogen-bond donors (Lipinski definition) is 0. The van der Waals surface area contributed by atoms with Crippen molar-refractivity contribution in [2.24, 2.45) is 28.6 Å². The molecule has 1 aliphatic heterocycles. The summed E-state index contributed by atoms with van der Waals surface area (Å²) in [7, 11) is 0. The van der Waals surface area contributed by atoms with E-state index in [1.54, 1.807) is 6.92 Å². The van der Waals surface area contributed by atoms with E-state index in [1.807, 2.05) is 6.08 Å². The van der Waals surface area contributed by atoms with E-state index in [4.69, 9.17) is 4.74 Å². The summed E-state index contributed by atoms with van der Waals surface area (Å²) in [5.41, 5.74) is 1.22. The molecule has 3 nitrogen and oxygen atoms in total. The van der Waals surface area contributed by atoms with Gasteiger partial charge in [-0.05, 0) is 74.7 Å². The van der Waals surface area contributed by atoms with E-state index in [9.17, 15) is 9.59 Å². The quantitative estimate of drug-likeness (QED) is 0.687. The van der Waals surface area contributed by atoms with Gasteiger partial charge in [-0.2, -0.15) is 0 Å². The molecular weight excluding hydrogens is 300 g/mol. The van der Waals surface area contributed by atoms with Crippen molar-refractivity contribution in [3.63, 3.8) is 0 Å². The van der Waals surface area contributed by atoms with E-state index in [0.717, 1.165) is 25.7 Å². The molecule has 4 fully saturated rings. The highest BCUT2D eigenvalue weighted by Crippen LogP contribution is 2.73. The Morgan fingerprint density at radius 1 is 1.17 bits per heavy atom. The zero-order chi connectivity index (χ0) is 16.9. The summed E-state index contributed by atoms with van der Waals surface area (Å²) < 4.78 is 5.99. The number of epoxide rings is 1. The first-order valence-corrected chi connectivity index (χ1v) is 9.76. The molecule has 3 heteroatoms. The minimum atomic E-state index is -0.456. The monoisotopic (exact) mass is 328 g/mol. The van der Waals surface area contributed by atoms with Crippen molar-refractivity contribution < 1.29 is 14.3 Å². The summed E-state index contributed by atoms with van der Waals surface area (Å²) in [4.78, 5) is 24.3. The number of carbonyl (C=O) groups is 2. The Labute approximate surface area is 144 Å². The van der Waals surface area contributed by atoms with Crippen molar-refractivity contribution in [3.05, 3.63) is 11.6 Å². The maximum Gasteiger partial charge on any atom is 0.164 e. The first-order chi connectivity index (χ1) is 11.3. The van der Waals surface area contributed by atoms with Crippen LogP contribution in [-0.2, 0) is 14.3 Å². The van der Waals surface area contributed by atoms with Gasteiger partial charge >= 0.3 is 0 Å². The van der Waals surface area contributed by atoms with Crippen molar-refractivity contribution in [3.8, 4) is 0 Å². The largest absolute Gasteiger partial charge is 0.357 e. The maximum absolute atomic E-state index is 12.4. The molecule has 5 rings (SSSR count). The van der Waals surface area contributed by atoms with E-state index >= 15 is 0 Å². The van der Waals surface area contributed by atoms with Gasteiger partial charge in [-0.15, -0.1) is 0 Å². The topological polar surface area (TPSA) is 46.7 Å². The highest BCUT2D eigenvalue weighted by atomic mass is 16.6. The van der Waals surface area contributed by atoms with Gasteiger partial charge in [0.2, 0.25) is 0 Å². The molecule has 5 aliphatic rings. The molecule has 4 aliphatic carbocycles. The van der Waals surface area contributed by atoms with Crippen molar-refractivity contribution in [2.45, 2.75) is 77.4 Å². The predicted molar refractivity (Wildman–Crippen MR) is 90.4 cm³/mol. The van der Waals surface area contributed by atoms with Gasteiger partial charge in [0.25, 0.3) is 0 Å². The molecule has 0 N–H and O–H groups in total. The molecular formula is C21H28O3. The third kappa shape index (κ3) is 1.54. The second kappa shape index (κ2) is 4.41. The SMILES string of the molecule is CC(=O)[C@]12O[C@@H]1C[C@@H]1[C@H]3CCC4=CC(=O)CC[C@]4(C)[C@@H]3CC[C@@]12C. The average Bonchev–Trinajstić information content (AvgIpc) is 3.21. The lowest BCUT2D eigenvalue weighted by Gasteiger charge is -2.58. The molecule has 1 saturated heterocycles. The molecule has 0 amide bonds. The summed E-state index contributed by atoms with van der Waals surface area (Å²) in [5.74, 6) is 2.58.